The Morgan fingerprint density at radius 1 is 1.38 bits per heavy atom. The third kappa shape index (κ3) is 2.47. The zero-order valence-corrected chi connectivity index (χ0v) is 12.4. The van der Waals surface area contributed by atoms with Gasteiger partial charge in [-0.05, 0) is 36.5 Å². The number of H-pyrrole nitrogens is 1. The smallest absolute Gasteiger partial charge is 0.124 e. The Bertz CT molecular complexity index is 665. The number of hydrogen-bond donors (Lipinski definition) is 1. The zero-order valence-electron chi connectivity index (χ0n) is 11.6. The maximum absolute atomic E-state index is 13.3. The molecule has 0 saturated heterocycles. The Balaban J connectivity index is 1.76. The van der Waals surface area contributed by atoms with E-state index in [1.807, 2.05) is 0 Å². The average molecular weight is 306 g/mol. The van der Waals surface area contributed by atoms with Gasteiger partial charge in [-0.1, -0.05) is 17.7 Å². The molecule has 1 aliphatic heterocycles. The van der Waals surface area contributed by atoms with Crippen LogP contribution in [0.2, 0.25) is 5.02 Å². The van der Waals surface area contributed by atoms with Crippen LogP contribution in [0.5, 0.6) is 0 Å². The van der Waals surface area contributed by atoms with Gasteiger partial charge in [0.25, 0.3) is 0 Å². The highest BCUT2D eigenvalue weighted by Gasteiger charge is 2.35. The third-order valence-corrected chi connectivity index (χ3v) is 4.80. The molecule has 0 radical (unpaired) electrons. The molecule has 2 aromatic rings. The van der Waals surface area contributed by atoms with E-state index in [-0.39, 0.29) is 11.9 Å². The summed E-state index contributed by atoms with van der Waals surface area (Å²) in [5, 5.41) is 0.483. The predicted octanol–water partition coefficient (Wildman–Crippen LogP) is 3.56. The van der Waals surface area contributed by atoms with Crippen LogP contribution in [-0.4, -0.2) is 28.0 Å². The van der Waals surface area contributed by atoms with Crippen molar-refractivity contribution < 1.29 is 4.39 Å². The van der Waals surface area contributed by atoms with Gasteiger partial charge in [0.05, 0.1) is 18.1 Å². The summed E-state index contributed by atoms with van der Waals surface area (Å²) in [6, 6.07) is 4.71. The van der Waals surface area contributed by atoms with Gasteiger partial charge in [-0.15, -0.1) is 0 Å². The first kappa shape index (κ1) is 13.3. The van der Waals surface area contributed by atoms with Gasteiger partial charge in [0, 0.05) is 30.2 Å². The molecule has 110 valence electrons. The zero-order chi connectivity index (χ0) is 14.4. The largest absolute Gasteiger partial charge is 0.348 e. The van der Waals surface area contributed by atoms with Gasteiger partial charge < -0.3 is 4.98 Å². The summed E-state index contributed by atoms with van der Waals surface area (Å²) < 4.78 is 13.3. The monoisotopic (exact) mass is 305 g/mol. The van der Waals surface area contributed by atoms with Gasteiger partial charge in [-0.3, -0.25) is 4.90 Å². The molecule has 1 N–H and O–H groups in total. The van der Waals surface area contributed by atoms with E-state index in [4.69, 9.17) is 11.6 Å². The van der Waals surface area contributed by atoms with Gasteiger partial charge in [0.15, 0.2) is 0 Å². The van der Waals surface area contributed by atoms with Crippen molar-refractivity contribution in [1.82, 2.24) is 14.9 Å². The number of nitrogens with one attached hydrogen (secondary N) is 1. The van der Waals surface area contributed by atoms with Crippen molar-refractivity contribution >= 4 is 11.6 Å². The number of nitrogens with zero attached hydrogens (tertiary/aromatic N) is 2. The predicted molar refractivity (Wildman–Crippen MR) is 79.8 cm³/mol. The molecule has 1 aromatic heterocycles. The molecule has 1 aliphatic carbocycles. The third-order valence-electron chi connectivity index (χ3n) is 4.47. The molecule has 0 bridgehead atoms. The number of hydrogen-bond acceptors (Lipinski definition) is 2. The first-order chi connectivity index (χ1) is 10.2. The molecule has 5 heteroatoms. The second kappa shape index (κ2) is 5.11. The number of rotatable bonds is 3. The molecular formula is C16H17ClFN3. The summed E-state index contributed by atoms with van der Waals surface area (Å²) in [6.45, 7) is 2.06. The van der Waals surface area contributed by atoms with E-state index in [1.54, 1.807) is 12.4 Å². The number of imidazole rings is 1. The van der Waals surface area contributed by atoms with Crippen LogP contribution in [0.15, 0.2) is 24.5 Å². The lowest BCUT2D eigenvalue weighted by atomic mass is 9.95. The second-order valence-electron chi connectivity index (χ2n) is 6.02. The molecule has 4 rings (SSSR count). The minimum atomic E-state index is -0.296. The summed E-state index contributed by atoms with van der Waals surface area (Å²) in [4.78, 5) is 10.2. The lowest BCUT2D eigenvalue weighted by molar-refractivity contribution is 0.200. The Hall–Kier alpha value is -1.39. The highest BCUT2D eigenvalue weighted by molar-refractivity contribution is 6.31. The fourth-order valence-corrected chi connectivity index (χ4v) is 3.49. The molecule has 0 unspecified atom stereocenters. The number of halogens is 2. The van der Waals surface area contributed by atoms with E-state index in [0.717, 1.165) is 36.7 Å². The number of aromatic nitrogens is 2. The molecule has 21 heavy (non-hydrogen) atoms. The summed E-state index contributed by atoms with van der Waals surface area (Å²) in [6.07, 6.45) is 5.36. The van der Waals surface area contributed by atoms with Crippen LogP contribution in [0.1, 0.15) is 35.8 Å². The van der Waals surface area contributed by atoms with Gasteiger partial charge in [0.1, 0.15) is 5.82 Å². The Morgan fingerprint density at radius 3 is 3.00 bits per heavy atom. The molecule has 1 atom stereocenters. The quantitative estimate of drug-likeness (QED) is 0.940. The summed E-state index contributed by atoms with van der Waals surface area (Å²) in [5.74, 6) is 0.503. The molecule has 1 aromatic carbocycles. The van der Waals surface area contributed by atoms with Crippen molar-refractivity contribution in [3.8, 4) is 0 Å². The van der Waals surface area contributed by atoms with Crippen molar-refractivity contribution in [3.05, 3.63) is 52.3 Å². The van der Waals surface area contributed by atoms with Crippen molar-refractivity contribution in [2.24, 2.45) is 5.92 Å². The average Bonchev–Trinajstić information content (AvgIpc) is 3.14. The summed E-state index contributed by atoms with van der Waals surface area (Å²) in [7, 11) is 0. The minimum absolute atomic E-state index is 0.0358. The summed E-state index contributed by atoms with van der Waals surface area (Å²) in [5.41, 5.74) is 3.16. The maximum Gasteiger partial charge on any atom is 0.124 e. The van der Waals surface area contributed by atoms with Gasteiger partial charge >= 0.3 is 0 Å². The first-order valence-corrected chi connectivity index (χ1v) is 7.81. The van der Waals surface area contributed by atoms with Crippen LogP contribution >= 0.6 is 11.6 Å². The van der Waals surface area contributed by atoms with Crippen LogP contribution in [0.4, 0.5) is 4.39 Å². The highest BCUT2D eigenvalue weighted by Crippen LogP contribution is 2.40. The van der Waals surface area contributed by atoms with Crippen molar-refractivity contribution in [2.75, 3.05) is 13.1 Å². The molecule has 2 heterocycles. The number of benzene rings is 1. The van der Waals surface area contributed by atoms with Crippen molar-refractivity contribution in [1.29, 1.82) is 0 Å². The molecule has 0 spiro atoms. The maximum atomic E-state index is 13.3. The SMILES string of the molecule is Fc1ccc([C@@H]2c3nc[nH]c3CCN2CC2CC2)c(Cl)c1. The number of aromatic amines is 1. The minimum Gasteiger partial charge on any atom is -0.348 e. The first-order valence-electron chi connectivity index (χ1n) is 7.43. The van der Waals surface area contributed by atoms with Crippen LogP contribution in [-0.2, 0) is 6.42 Å². The molecular weight excluding hydrogens is 289 g/mol. The van der Waals surface area contributed by atoms with Crippen molar-refractivity contribution in [2.45, 2.75) is 25.3 Å². The van der Waals surface area contributed by atoms with E-state index in [9.17, 15) is 4.39 Å². The van der Waals surface area contributed by atoms with Crippen LogP contribution < -0.4 is 0 Å². The highest BCUT2D eigenvalue weighted by atomic mass is 35.5. The Kier molecular flexibility index (Phi) is 3.23. The second-order valence-corrected chi connectivity index (χ2v) is 6.43. The van der Waals surface area contributed by atoms with Gasteiger partial charge in [-0.2, -0.15) is 0 Å². The fraction of sp³-hybridized carbons (Fsp3) is 0.438. The Labute approximate surface area is 128 Å². The molecule has 1 fully saturated rings. The van der Waals surface area contributed by atoms with Gasteiger partial charge in [0.2, 0.25) is 0 Å². The Morgan fingerprint density at radius 2 is 2.24 bits per heavy atom. The lowest BCUT2D eigenvalue weighted by Gasteiger charge is -2.35. The normalized spacial score (nSPS) is 22.3. The molecule has 0 amide bonds. The molecule has 3 nitrogen and oxygen atoms in total. The van der Waals surface area contributed by atoms with E-state index in [1.165, 1.54) is 30.7 Å². The van der Waals surface area contributed by atoms with E-state index in [0.29, 0.717) is 5.02 Å². The topological polar surface area (TPSA) is 31.9 Å². The van der Waals surface area contributed by atoms with E-state index in [2.05, 4.69) is 14.9 Å². The lowest BCUT2D eigenvalue weighted by Crippen LogP contribution is -2.37. The van der Waals surface area contributed by atoms with Crippen LogP contribution in [0.3, 0.4) is 0 Å². The van der Waals surface area contributed by atoms with Crippen molar-refractivity contribution in [3.63, 3.8) is 0 Å². The van der Waals surface area contributed by atoms with E-state index >= 15 is 0 Å². The van der Waals surface area contributed by atoms with Gasteiger partial charge in [-0.25, -0.2) is 9.37 Å². The van der Waals surface area contributed by atoms with E-state index < -0.39 is 0 Å². The van der Waals surface area contributed by atoms with Crippen LogP contribution in [0, 0.1) is 11.7 Å². The summed E-state index contributed by atoms with van der Waals surface area (Å²) >= 11 is 6.31. The molecule has 2 aliphatic rings. The standard InChI is InChI=1S/C16H17ClFN3/c17-13-7-11(18)3-4-12(13)16-15-14(19-9-20-15)5-6-21(16)8-10-1-2-10/h3-4,7,9-10,16H,1-2,5-6,8H2,(H,19,20)/t16-/m1/s1. The molecule has 1 saturated carbocycles. The van der Waals surface area contributed by atoms with Crippen LogP contribution in [0.25, 0.3) is 0 Å². The fourth-order valence-electron chi connectivity index (χ4n) is 3.22. The number of fused-ring (bicyclic) bond motifs is 1.